The van der Waals surface area contributed by atoms with Crippen LogP contribution in [0, 0.1) is 12.1 Å². The summed E-state index contributed by atoms with van der Waals surface area (Å²) in [5, 5.41) is 0. The molecule has 1 radical (unpaired) electrons. The van der Waals surface area contributed by atoms with Crippen molar-refractivity contribution in [2.45, 2.75) is 26.2 Å². The quantitative estimate of drug-likeness (QED) is 0.628. The fourth-order valence-corrected chi connectivity index (χ4v) is 1.65. The molecule has 0 amide bonds. The van der Waals surface area contributed by atoms with Gasteiger partial charge in [-0.15, -0.1) is 17.7 Å². The molecule has 2 aromatic carbocycles. The van der Waals surface area contributed by atoms with Gasteiger partial charge in [0.2, 0.25) is 0 Å². The fraction of sp³-hybridized carbons (Fsp3) is 0.250. The van der Waals surface area contributed by atoms with E-state index in [4.69, 9.17) is 0 Å². The maximum atomic E-state index is 3.27. The third-order valence-electron chi connectivity index (χ3n) is 2.67. The van der Waals surface area contributed by atoms with E-state index in [2.05, 4.69) is 51.1 Å². The molecule has 0 spiro atoms. The SMILES string of the molecule is CC(C)(C)c1cc[c-]c(-c2[c-]cccc2)c1.[Ir]. The van der Waals surface area contributed by atoms with Crippen molar-refractivity contribution in [1.82, 2.24) is 0 Å². The molecule has 91 valence electrons. The first-order valence-corrected chi connectivity index (χ1v) is 5.57. The predicted octanol–water partition coefficient (Wildman–Crippen LogP) is 4.25. The second kappa shape index (κ2) is 5.62. The van der Waals surface area contributed by atoms with Crippen molar-refractivity contribution in [3.8, 4) is 11.1 Å². The fourth-order valence-electron chi connectivity index (χ4n) is 1.65. The van der Waals surface area contributed by atoms with Crippen LogP contribution in [-0.2, 0) is 25.5 Å². The van der Waals surface area contributed by atoms with Gasteiger partial charge in [0.05, 0.1) is 0 Å². The van der Waals surface area contributed by atoms with E-state index in [1.807, 2.05) is 24.3 Å². The normalized spacial score (nSPS) is 10.8. The average molecular weight is 401 g/mol. The first kappa shape index (κ1) is 14.2. The second-order valence-electron chi connectivity index (χ2n) is 5.02. The van der Waals surface area contributed by atoms with Crippen LogP contribution in [0.2, 0.25) is 0 Å². The van der Waals surface area contributed by atoms with Gasteiger partial charge in [0.15, 0.2) is 0 Å². The summed E-state index contributed by atoms with van der Waals surface area (Å²) >= 11 is 0. The molecular formula is C16H16Ir-2. The smallest absolute Gasteiger partial charge is 0 e. The summed E-state index contributed by atoms with van der Waals surface area (Å²) in [5.74, 6) is 0. The standard InChI is InChI=1S/C16H16.Ir/c1-16(2,3)15-11-7-10-14(12-15)13-8-5-4-6-9-13;/h4-8,11-12H,1-3H3;/q-2;. The molecule has 2 aromatic rings. The molecule has 0 atom stereocenters. The molecule has 0 saturated carbocycles. The summed E-state index contributed by atoms with van der Waals surface area (Å²) in [6.45, 7) is 6.67. The van der Waals surface area contributed by atoms with Crippen molar-refractivity contribution in [2.24, 2.45) is 0 Å². The van der Waals surface area contributed by atoms with Crippen molar-refractivity contribution in [3.63, 3.8) is 0 Å². The largest absolute Gasteiger partial charge is 0.226 e. The molecule has 0 N–H and O–H groups in total. The zero-order valence-corrected chi connectivity index (χ0v) is 12.8. The maximum Gasteiger partial charge on any atom is 0 e. The molecule has 0 bridgehead atoms. The summed E-state index contributed by atoms with van der Waals surface area (Å²) in [7, 11) is 0. The van der Waals surface area contributed by atoms with Crippen LogP contribution in [0.4, 0.5) is 0 Å². The van der Waals surface area contributed by atoms with Gasteiger partial charge in [0.1, 0.15) is 0 Å². The van der Waals surface area contributed by atoms with Crippen LogP contribution in [0.3, 0.4) is 0 Å². The monoisotopic (exact) mass is 401 g/mol. The third kappa shape index (κ3) is 3.52. The Bertz CT molecular complexity index is 466. The van der Waals surface area contributed by atoms with Gasteiger partial charge in [-0.2, -0.15) is 42.5 Å². The first-order chi connectivity index (χ1) is 7.57. The number of hydrogen-bond acceptors (Lipinski definition) is 0. The molecule has 0 unspecified atom stereocenters. The topological polar surface area (TPSA) is 0 Å². The molecule has 0 aliphatic rings. The Kier molecular flexibility index (Phi) is 4.68. The zero-order valence-electron chi connectivity index (χ0n) is 10.4. The predicted molar refractivity (Wildman–Crippen MR) is 68.3 cm³/mol. The van der Waals surface area contributed by atoms with E-state index in [0.29, 0.717) is 0 Å². The van der Waals surface area contributed by atoms with Crippen LogP contribution in [0.15, 0.2) is 42.5 Å². The minimum absolute atomic E-state index is 0. The summed E-state index contributed by atoms with van der Waals surface area (Å²) < 4.78 is 0. The molecule has 0 nitrogen and oxygen atoms in total. The van der Waals surface area contributed by atoms with Gasteiger partial charge < -0.3 is 0 Å². The van der Waals surface area contributed by atoms with Gasteiger partial charge >= 0.3 is 0 Å². The maximum absolute atomic E-state index is 3.27. The van der Waals surface area contributed by atoms with Crippen molar-refractivity contribution >= 4 is 0 Å². The van der Waals surface area contributed by atoms with Crippen molar-refractivity contribution in [1.29, 1.82) is 0 Å². The van der Waals surface area contributed by atoms with Crippen molar-refractivity contribution < 1.29 is 20.1 Å². The zero-order chi connectivity index (χ0) is 11.6. The number of hydrogen-bond donors (Lipinski definition) is 0. The van der Waals surface area contributed by atoms with Gasteiger partial charge in [-0.25, -0.2) is 11.1 Å². The summed E-state index contributed by atoms with van der Waals surface area (Å²) in [5.41, 5.74) is 3.73. The van der Waals surface area contributed by atoms with E-state index in [1.54, 1.807) is 0 Å². The van der Waals surface area contributed by atoms with Gasteiger partial charge in [0.25, 0.3) is 0 Å². The van der Waals surface area contributed by atoms with Crippen LogP contribution < -0.4 is 0 Å². The van der Waals surface area contributed by atoms with Gasteiger partial charge in [-0.3, -0.25) is 0 Å². The molecule has 2 rings (SSSR count). The Labute approximate surface area is 117 Å². The minimum atomic E-state index is 0. The van der Waals surface area contributed by atoms with Gasteiger partial charge in [-0.1, -0.05) is 20.8 Å². The molecule has 0 heterocycles. The molecule has 0 aliphatic carbocycles. The van der Waals surface area contributed by atoms with Crippen molar-refractivity contribution in [2.75, 3.05) is 0 Å². The molecular weight excluding hydrogens is 384 g/mol. The van der Waals surface area contributed by atoms with Crippen LogP contribution in [-0.4, -0.2) is 0 Å². The van der Waals surface area contributed by atoms with Crippen LogP contribution in [0.25, 0.3) is 11.1 Å². The van der Waals surface area contributed by atoms with Gasteiger partial charge in [0, 0.05) is 20.1 Å². The van der Waals surface area contributed by atoms with E-state index >= 15 is 0 Å². The minimum Gasteiger partial charge on any atom is -0.226 e. The van der Waals surface area contributed by atoms with E-state index in [9.17, 15) is 0 Å². The Hall–Kier alpha value is -0.911. The molecule has 17 heavy (non-hydrogen) atoms. The van der Waals surface area contributed by atoms with Crippen molar-refractivity contribution in [3.05, 3.63) is 60.2 Å². The summed E-state index contributed by atoms with van der Waals surface area (Å²) in [4.78, 5) is 0. The number of rotatable bonds is 1. The summed E-state index contributed by atoms with van der Waals surface area (Å²) in [6.07, 6.45) is 0. The average Bonchev–Trinajstić information content (AvgIpc) is 2.29. The van der Waals surface area contributed by atoms with Gasteiger partial charge in [-0.05, 0) is 5.41 Å². The second-order valence-corrected chi connectivity index (χ2v) is 5.02. The Balaban J connectivity index is 0.00000144. The van der Waals surface area contributed by atoms with Crippen LogP contribution >= 0.6 is 0 Å². The van der Waals surface area contributed by atoms with E-state index < -0.39 is 0 Å². The number of benzene rings is 2. The molecule has 0 saturated heterocycles. The van der Waals surface area contributed by atoms with E-state index in [0.717, 1.165) is 11.1 Å². The molecule has 0 aliphatic heterocycles. The molecule has 0 fully saturated rings. The Morgan fingerprint density at radius 3 is 2.18 bits per heavy atom. The molecule has 0 aromatic heterocycles. The third-order valence-corrected chi connectivity index (χ3v) is 2.67. The molecule has 1 heteroatoms. The van der Waals surface area contributed by atoms with Crippen LogP contribution in [0.5, 0.6) is 0 Å². The summed E-state index contributed by atoms with van der Waals surface area (Å²) in [6, 6.07) is 20.8. The Morgan fingerprint density at radius 2 is 1.59 bits per heavy atom. The van der Waals surface area contributed by atoms with E-state index in [-0.39, 0.29) is 25.5 Å². The Morgan fingerprint density at radius 1 is 0.882 bits per heavy atom. The van der Waals surface area contributed by atoms with Crippen LogP contribution in [0.1, 0.15) is 26.3 Å². The first-order valence-electron chi connectivity index (χ1n) is 5.57. The van der Waals surface area contributed by atoms with E-state index in [1.165, 1.54) is 5.56 Å².